The molecule has 5 nitrogen and oxygen atoms in total. The van der Waals surface area contributed by atoms with Crippen LogP contribution in [0, 0.1) is 23.2 Å². The summed E-state index contributed by atoms with van der Waals surface area (Å²) in [6.07, 6.45) is 8.54. The van der Waals surface area contributed by atoms with E-state index in [4.69, 9.17) is 0 Å². The number of rotatable bonds is 9. The molecule has 0 aromatic heterocycles. The number of hydrogen-bond donors (Lipinski definition) is 2. The maximum Gasteiger partial charge on any atom is 0.239 e. The first-order valence-corrected chi connectivity index (χ1v) is 10.3. The Morgan fingerprint density at radius 3 is 2.00 bits per heavy atom. The van der Waals surface area contributed by atoms with Crippen LogP contribution in [0.4, 0.5) is 0 Å². The van der Waals surface area contributed by atoms with Crippen LogP contribution in [0.25, 0.3) is 0 Å². The first-order chi connectivity index (χ1) is 12.0. The summed E-state index contributed by atoms with van der Waals surface area (Å²) >= 11 is 0. The quantitative estimate of drug-likeness (QED) is 0.671. The molecule has 25 heavy (non-hydrogen) atoms. The van der Waals surface area contributed by atoms with E-state index < -0.39 is 0 Å². The molecule has 0 saturated heterocycles. The van der Waals surface area contributed by atoms with Crippen LogP contribution in [0.15, 0.2) is 0 Å². The van der Waals surface area contributed by atoms with Crippen LogP contribution in [0.2, 0.25) is 0 Å². The van der Waals surface area contributed by atoms with Crippen LogP contribution in [0.1, 0.15) is 58.8 Å². The van der Waals surface area contributed by atoms with E-state index in [9.17, 15) is 9.59 Å². The third-order valence-corrected chi connectivity index (χ3v) is 6.79. The van der Waals surface area contributed by atoms with Gasteiger partial charge in [0.05, 0.1) is 6.54 Å². The van der Waals surface area contributed by atoms with Gasteiger partial charge in [-0.3, -0.25) is 9.59 Å². The molecule has 142 valence electrons. The molecule has 0 unspecified atom stereocenters. The maximum atomic E-state index is 12.4. The number of carbonyl (C=O) groups excluding carboxylic acids is 2. The summed E-state index contributed by atoms with van der Waals surface area (Å²) in [6.45, 7) is 7.85. The summed E-state index contributed by atoms with van der Waals surface area (Å²) in [5.74, 6) is 2.58. The normalized spacial score (nSPS) is 32.8. The third-order valence-electron chi connectivity index (χ3n) is 6.79. The van der Waals surface area contributed by atoms with E-state index in [0.717, 1.165) is 37.4 Å². The number of amides is 2. The van der Waals surface area contributed by atoms with E-state index in [0.29, 0.717) is 13.0 Å². The molecule has 4 aliphatic carbocycles. The number of carbonyl (C=O) groups is 2. The van der Waals surface area contributed by atoms with Crippen molar-refractivity contribution in [1.29, 1.82) is 0 Å². The molecule has 0 aliphatic heterocycles. The third kappa shape index (κ3) is 4.75. The fraction of sp³-hybridized carbons (Fsp3) is 0.900. The average Bonchev–Trinajstić information content (AvgIpc) is 2.55. The number of nitrogens with one attached hydrogen (secondary N) is 2. The smallest absolute Gasteiger partial charge is 0.239 e. The largest absolute Gasteiger partial charge is 0.353 e. The Bertz CT molecular complexity index is 452. The Balaban J connectivity index is 1.36. The van der Waals surface area contributed by atoms with Gasteiger partial charge in [-0.05, 0) is 74.8 Å². The van der Waals surface area contributed by atoms with Gasteiger partial charge >= 0.3 is 0 Å². The summed E-state index contributed by atoms with van der Waals surface area (Å²) in [5.41, 5.74) is 0.248. The van der Waals surface area contributed by atoms with Crippen LogP contribution in [0.3, 0.4) is 0 Å². The Morgan fingerprint density at radius 1 is 0.920 bits per heavy atom. The first kappa shape index (κ1) is 18.7. The van der Waals surface area contributed by atoms with Crippen molar-refractivity contribution in [3.05, 3.63) is 0 Å². The lowest BCUT2D eigenvalue weighted by atomic mass is 9.49. The van der Waals surface area contributed by atoms with Crippen LogP contribution in [-0.4, -0.2) is 49.4 Å². The summed E-state index contributed by atoms with van der Waals surface area (Å²) in [4.78, 5) is 26.6. The lowest BCUT2D eigenvalue weighted by Crippen LogP contribution is -2.48. The molecule has 0 radical (unpaired) electrons. The van der Waals surface area contributed by atoms with Gasteiger partial charge in [0.2, 0.25) is 11.8 Å². The first-order valence-electron chi connectivity index (χ1n) is 10.3. The minimum atomic E-state index is -0.0778. The minimum Gasteiger partial charge on any atom is -0.353 e. The van der Waals surface area contributed by atoms with Crippen molar-refractivity contribution in [2.45, 2.75) is 58.8 Å². The topological polar surface area (TPSA) is 61.4 Å². The highest BCUT2D eigenvalue weighted by atomic mass is 16.2. The zero-order valence-electron chi connectivity index (χ0n) is 16.0. The van der Waals surface area contributed by atoms with Crippen molar-refractivity contribution in [3.63, 3.8) is 0 Å². The summed E-state index contributed by atoms with van der Waals surface area (Å²) in [5, 5.41) is 5.76. The van der Waals surface area contributed by atoms with E-state index in [1.165, 1.54) is 38.5 Å². The van der Waals surface area contributed by atoms with Crippen LogP contribution in [-0.2, 0) is 9.59 Å². The fourth-order valence-electron chi connectivity index (χ4n) is 6.04. The summed E-state index contributed by atoms with van der Waals surface area (Å²) in [7, 11) is 0. The number of likely N-dealkylation sites (N-methyl/N-ethyl adjacent to an activating group) is 1. The molecule has 2 amide bonds. The predicted molar refractivity (Wildman–Crippen MR) is 99.0 cm³/mol. The molecule has 0 atom stereocenters. The van der Waals surface area contributed by atoms with Crippen LogP contribution < -0.4 is 10.6 Å². The molecule has 2 N–H and O–H groups in total. The van der Waals surface area contributed by atoms with E-state index >= 15 is 0 Å². The Labute approximate surface area is 152 Å². The highest BCUT2D eigenvalue weighted by Gasteiger charge is 2.51. The minimum absolute atomic E-state index is 0.0702. The van der Waals surface area contributed by atoms with Gasteiger partial charge in [0, 0.05) is 19.5 Å². The van der Waals surface area contributed by atoms with Crippen molar-refractivity contribution in [2.75, 3.05) is 32.7 Å². The Kier molecular flexibility index (Phi) is 6.03. The molecule has 4 rings (SSSR count). The molecule has 0 heterocycles. The molecule has 4 aliphatic rings. The SMILES string of the molecule is CCN(CC)CCNC(=O)CNC(=O)CC12CC3CC(CC(C3)C1)C2. The zero-order valence-corrected chi connectivity index (χ0v) is 16.0. The second-order valence-corrected chi connectivity index (χ2v) is 8.75. The number of hydrogen-bond acceptors (Lipinski definition) is 3. The van der Waals surface area contributed by atoms with Crippen molar-refractivity contribution >= 4 is 11.8 Å². The van der Waals surface area contributed by atoms with E-state index in [1.807, 2.05) is 0 Å². The molecule has 0 spiro atoms. The monoisotopic (exact) mass is 349 g/mol. The van der Waals surface area contributed by atoms with Crippen LogP contribution >= 0.6 is 0 Å². The molecule has 4 bridgehead atoms. The van der Waals surface area contributed by atoms with E-state index in [-0.39, 0.29) is 23.8 Å². The molecule has 4 fully saturated rings. The molecule has 0 aromatic carbocycles. The molecular weight excluding hydrogens is 314 g/mol. The Hall–Kier alpha value is -1.10. The fourth-order valence-corrected chi connectivity index (χ4v) is 6.04. The van der Waals surface area contributed by atoms with Crippen molar-refractivity contribution in [1.82, 2.24) is 15.5 Å². The van der Waals surface area contributed by atoms with Crippen molar-refractivity contribution in [3.8, 4) is 0 Å². The molecular formula is C20H35N3O2. The zero-order chi connectivity index (χ0) is 17.9. The van der Waals surface area contributed by atoms with Crippen LogP contribution in [0.5, 0.6) is 0 Å². The van der Waals surface area contributed by atoms with Crippen molar-refractivity contribution < 1.29 is 9.59 Å². The molecule has 5 heteroatoms. The second-order valence-electron chi connectivity index (χ2n) is 8.75. The maximum absolute atomic E-state index is 12.4. The standard InChI is InChI=1S/C20H35N3O2/c1-3-23(4-2)6-5-21-19(25)14-22-18(24)13-20-10-15-7-16(11-20)9-17(8-15)12-20/h15-17H,3-14H2,1-2H3,(H,21,25)(H,22,24). The van der Waals surface area contributed by atoms with Gasteiger partial charge in [-0.2, -0.15) is 0 Å². The van der Waals surface area contributed by atoms with Gasteiger partial charge in [-0.15, -0.1) is 0 Å². The van der Waals surface area contributed by atoms with Gasteiger partial charge in [0.15, 0.2) is 0 Å². The van der Waals surface area contributed by atoms with Gasteiger partial charge < -0.3 is 15.5 Å². The molecule has 0 aromatic rings. The van der Waals surface area contributed by atoms with Gasteiger partial charge in [-0.1, -0.05) is 13.8 Å². The second kappa shape index (κ2) is 8.07. The lowest BCUT2D eigenvalue weighted by molar-refractivity contribution is -0.131. The summed E-state index contributed by atoms with van der Waals surface area (Å²) < 4.78 is 0. The van der Waals surface area contributed by atoms with E-state index in [2.05, 4.69) is 29.4 Å². The lowest BCUT2D eigenvalue weighted by Gasteiger charge is -2.56. The highest BCUT2D eigenvalue weighted by molar-refractivity contribution is 5.84. The number of nitrogens with zero attached hydrogens (tertiary/aromatic N) is 1. The van der Waals surface area contributed by atoms with Gasteiger partial charge in [0.25, 0.3) is 0 Å². The van der Waals surface area contributed by atoms with E-state index in [1.54, 1.807) is 0 Å². The Morgan fingerprint density at radius 2 is 1.48 bits per heavy atom. The average molecular weight is 350 g/mol. The van der Waals surface area contributed by atoms with Gasteiger partial charge in [0.1, 0.15) is 0 Å². The predicted octanol–water partition coefficient (Wildman–Crippen LogP) is 2.17. The highest BCUT2D eigenvalue weighted by Crippen LogP contribution is 2.61. The summed E-state index contributed by atoms with van der Waals surface area (Å²) in [6, 6.07) is 0. The van der Waals surface area contributed by atoms with Gasteiger partial charge in [-0.25, -0.2) is 0 Å². The van der Waals surface area contributed by atoms with Crippen molar-refractivity contribution in [2.24, 2.45) is 23.2 Å². The molecule has 4 saturated carbocycles.